The summed E-state index contributed by atoms with van der Waals surface area (Å²) in [5.41, 5.74) is 2.03. The molecule has 0 bridgehead atoms. The number of aromatic hydroxyl groups is 1. The van der Waals surface area contributed by atoms with Gasteiger partial charge in [-0.1, -0.05) is 23.9 Å². The van der Waals surface area contributed by atoms with Gasteiger partial charge < -0.3 is 19.7 Å². The third-order valence-electron chi connectivity index (χ3n) is 4.13. The molecule has 2 aromatic rings. The van der Waals surface area contributed by atoms with Crippen molar-refractivity contribution in [3.63, 3.8) is 0 Å². The van der Waals surface area contributed by atoms with Gasteiger partial charge in [0.1, 0.15) is 27.9 Å². The van der Waals surface area contributed by atoms with E-state index in [1.54, 1.807) is 42.5 Å². The first kappa shape index (κ1) is 20.5. The van der Waals surface area contributed by atoms with E-state index in [9.17, 15) is 15.0 Å². The second-order valence-corrected chi connectivity index (χ2v) is 7.26. The predicted molar refractivity (Wildman–Crippen MR) is 115 cm³/mol. The molecule has 29 heavy (non-hydrogen) atoms. The van der Waals surface area contributed by atoms with Crippen molar-refractivity contribution in [1.82, 2.24) is 0 Å². The lowest BCUT2D eigenvalue weighted by atomic mass is 10.1. The van der Waals surface area contributed by atoms with Crippen LogP contribution in [-0.4, -0.2) is 34.9 Å². The number of phenolic OH excluding ortho intramolecular Hbond substituents is 1. The molecule has 7 heteroatoms. The molecule has 3 rings (SSSR count). The maximum atomic E-state index is 12.2. The number of phenols is 1. The molecule has 0 spiro atoms. The summed E-state index contributed by atoms with van der Waals surface area (Å²) >= 11 is 1.13. The van der Waals surface area contributed by atoms with Crippen molar-refractivity contribution in [1.29, 1.82) is 0 Å². The predicted octanol–water partition coefficient (Wildman–Crippen LogP) is 4.90. The molecule has 0 atom stereocenters. The number of aliphatic hydroxyl groups is 1. The first-order valence-corrected chi connectivity index (χ1v) is 9.77. The van der Waals surface area contributed by atoms with Crippen molar-refractivity contribution in [3.05, 3.63) is 69.8 Å². The molecule has 2 N–H and O–H groups in total. The Hall–Kier alpha value is -3.19. The van der Waals surface area contributed by atoms with Gasteiger partial charge in [0.05, 0.1) is 24.3 Å². The van der Waals surface area contributed by atoms with Crippen LogP contribution < -0.4 is 4.74 Å². The molecule has 1 heterocycles. The Morgan fingerprint density at radius 1 is 1.17 bits per heavy atom. The fraction of sp³-hybridized carbons (Fsp3) is 0.182. The molecule has 1 aliphatic rings. The zero-order valence-corrected chi connectivity index (χ0v) is 17.1. The molecule has 6 nitrogen and oxygen atoms in total. The van der Waals surface area contributed by atoms with Gasteiger partial charge in [-0.05, 0) is 55.8 Å². The summed E-state index contributed by atoms with van der Waals surface area (Å²) < 4.78 is 10.2. The summed E-state index contributed by atoms with van der Waals surface area (Å²) in [6.07, 6.45) is 1.61. The Morgan fingerprint density at radius 3 is 2.52 bits per heavy atom. The number of benzene rings is 2. The quantitative estimate of drug-likeness (QED) is 0.680. The Morgan fingerprint density at radius 2 is 1.90 bits per heavy atom. The second-order valence-electron chi connectivity index (χ2n) is 6.23. The Kier molecular flexibility index (Phi) is 6.29. The average Bonchev–Trinajstić information content (AvgIpc) is 3.00. The van der Waals surface area contributed by atoms with E-state index >= 15 is 0 Å². The van der Waals surface area contributed by atoms with Gasteiger partial charge >= 0.3 is 5.97 Å². The molecule has 150 valence electrons. The molecule has 0 fully saturated rings. The minimum Gasteiger partial charge on any atom is -0.507 e. The molecule has 0 radical (unpaired) electrons. The summed E-state index contributed by atoms with van der Waals surface area (Å²) in [6.45, 7) is 4.33. The molecule has 0 saturated heterocycles. The maximum absolute atomic E-state index is 12.2. The highest BCUT2D eigenvalue weighted by atomic mass is 32.2. The normalized spacial score (nSPS) is 16.5. The fourth-order valence-electron chi connectivity index (χ4n) is 2.71. The van der Waals surface area contributed by atoms with Gasteiger partial charge in [-0.15, -0.1) is 0 Å². The number of aliphatic hydroxyl groups excluding tert-OH is 1. The Bertz CT molecular complexity index is 1020. The van der Waals surface area contributed by atoms with Gasteiger partial charge in [0.15, 0.2) is 0 Å². The van der Waals surface area contributed by atoms with Crippen LogP contribution in [-0.2, 0) is 9.53 Å². The number of ether oxygens (including phenoxy) is 2. The van der Waals surface area contributed by atoms with Gasteiger partial charge in [-0.25, -0.2) is 9.79 Å². The van der Waals surface area contributed by atoms with Gasteiger partial charge in [0.25, 0.3) is 0 Å². The molecular formula is C22H21NO5S. The minimum absolute atomic E-state index is 0.00997. The molecule has 0 unspecified atom stereocenters. The number of carbonyl (C=O) groups excluding carboxylic acids is 1. The van der Waals surface area contributed by atoms with Crippen LogP contribution in [0.1, 0.15) is 18.1 Å². The van der Waals surface area contributed by atoms with E-state index in [0.29, 0.717) is 27.8 Å². The van der Waals surface area contributed by atoms with Crippen molar-refractivity contribution >= 4 is 34.5 Å². The van der Waals surface area contributed by atoms with Crippen LogP contribution in [0.4, 0.5) is 5.69 Å². The van der Waals surface area contributed by atoms with Crippen molar-refractivity contribution in [2.75, 3.05) is 13.7 Å². The number of hydrogen-bond acceptors (Lipinski definition) is 7. The summed E-state index contributed by atoms with van der Waals surface area (Å²) in [5, 5.41) is 21.1. The Balaban J connectivity index is 2.00. The zero-order chi connectivity index (χ0) is 21.0. The third kappa shape index (κ3) is 4.63. The van der Waals surface area contributed by atoms with E-state index in [-0.39, 0.29) is 17.1 Å². The number of rotatable bonds is 5. The smallest absolute Gasteiger partial charge is 0.344 e. The molecule has 0 amide bonds. The maximum Gasteiger partial charge on any atom is 0.344 e. The number of hydrogen-bond donors (Lipinski definition) is 2. The van der Waals surface area contributed by atoms with Crippen LogP contribution in [0.15, 0.2) is 63.7 Å². The van der Waals surface area contributed by atoms with E-state index in [4.69, 9.17) is 9.47 Å². The van der Waals surface area contributed by atoms with E-state index < -0.39 is 5.97 Å². The van der Waals surface area contributed by atoms with Gasteiger partial charge in [-0.3, -0.25) is 0 Å². The lowest BCUT2D eigenvalue weighted by Crippen LogP contribution is -2.10. The van der Waals surface area contributed by atoms with E-state index in [1.165, 1.54) is 7.11 Å². The Labute approximate surface area is 173 Å². The highest BCUT2D eigenvalue weighted by Gasteiger charge is 2.33. The van der Waals surface area contributed by atoms with Gasteiger partial charge in [0, 0.05) is 5.56 Å². The van der Waals surface area contributed by atoms with Gasteiger partial charge in [0.2, 0.25) is 0 Å². The number of methoxy groups -OCH3 is 1. The highest BCUT2D eigenvalue weighted by molar-refractivity contribution is 8.18. The van der Waals surface area contributed by atoms with Crippen LogP contribution in [0.25, 0.3) is 6.08 Å². The lowest BCUT2D eigenvalue weighted by molar-refractivity contribution is -0.135. The topological polar surface area (TPSA) is 88.4 Å². The van der Waals surface area contributed by atoms with Crippen LogP contribution in [0.3, 0.4) is 0 Å². The van der Waals surface area contributed by atoms with Crippen molar-refractivity contribution in [3.8, 4) is 11.5 Å². The molecule has 2 aromatic carbocycles. The monoisotopic (exact) mass is 411 g/mol. The molecule has 1 aliphatic heterocycles. The summed E-state index contributed by atoms with van der Waals surface area (Å²) in [7, 11) is 1.25. The van der Waals surface area contributed by atoms with Crippen molar-refractivity contribution in [2.24, 2.45) is 4.99 Å². The lowest BCUT2D eigenvalue weighted by Gasteiger charge is -2.04. The van der Waals surface area contributed by atoms with E-state index in [2.05, 4.69) is 4.99 Å². The summed E-state index contributed by atoms with van der Waals surface area (Å²) in [5.74, 6) is -0.109. The largest absolute Gasteiger partial charge is 0.507 e. The first-order valence-electron chi connectivity index (χ1n) is 8.96. The second kappa shape index (κ2) is 8.87. The summed E-state index contributed by atoms with van der Waals surface area (Å²) in [4.78, 5) is 17.1. The van der Waals surface area contributed by atoms with Crippen LogP contribution in [0, 0.1) is 6.92 Å². The van der Waals surface area contributed by atoms with E-state index in [1.807, 2.05) is 19.9 Å². The zero-order valence-electron chi connectivity index (χ0n) is 16.3. The van der Waals surface area contributed by atoms with Crippen LogP contribution in [0.5, 0.6) is 11.5 Å². The van der Waals surface area contributed by atoms with Crippen molar-refractivity contribution in [2.45, 2.75) is 13.8 Å². The number of thioether (sulfide) groups is 1. The fourth-order valence-corrected chi connectivity index (χ4v) is 3.73. The SMILES string of the molecule is CCOc1ccc(N=C2S/C(=C/c3ccc(C)cc3O)C(O)=C2C(=O)OC)cc1. The number of nitrogens with zero attached hydrogens (tertiary/aromatic N) is 1. The first-order chi connectivity index (χ1) is 13.9. The van der Waals surface area contributed by atoms with E-state index in [0.717, 1.165) is 23.1 Å². The number of aryl methyl sites for hydroxylation is 1. The van der Waals surface area contributed by atoms with Crippen LogP contribution in [0.2, 0.25) is 0 Å². The van der Waals surface area contributed by atoms with Gasteiger partial charge in [-0.2, -0.15) is 0 Å². The highest BCUT2D eigenvalue weighted by Crippen LogP contribution is 2.41. The molecular weight excluding hydrogens is 390 g/mol. The minimum atomic E-state index is -0.684. The number of aliphatic imine (C=N–C) groups is 1. The number of esters is 1. The standard InChI is InChI=1S/C22H21NO5S/c1-4-28-16-9-7-15(8-10-16)23-21-19(22(26)27-3)20(25)18(29-21)12-14-6-5-13(2)11-17(14)24/h5-12,24-25H,4H2,1-3H3/b18-12+,23-21?. The van der Waals surface area contributed by atoms with Crippen LogP contribution >= 0.6 is 11.8 Å². The number of carbonyl (C=O) groups is 1. The molecule has 0 saturated carbocycles. The molecule has 0 aromatic heterocycles. The third-order valence-corrected chi connectivity index (χ3v) is 5.15. The van der Waals surface area contributed by atoms with Crippen molar-refractivity contribution < 1.29 is 24.5 Å². The summed E-state index contributed by atoms with van der Waals surface area (Å²) in [6, 6.07) is 12.3. The average molecular weight is 411 g/mol. The molecule has 0 aliphatic carbocycles.